The highest BCUT2D eigenvalue weighted by molar-refractivity contribution is 7.89. The number of hydrogen-bond acceptors (Lipinski definition) is 5. The van der Waals surface area contributed by atoms with E-state index in [4.69, 9.17) is 22.1 Å². The van der Waals surface area contributed by atoms with Crippen molar-refractivity contribution in [3.8, 4) is 0 Å². The summed E-state index contributed by atoms with van der Waals surface area (Å²) < 4.78 is 31.8. The van der Waals surface area contributed by atoms with Gasteiger partial charge < -0.3 is 15.6 Å². The number of ether oxygens (including phenoxy) is 1. The van der Waals surface area contributed by atoms with Crippen molar-refractivity contribution in [3.63, 3.8) is 0 Å². The van der Waals surface area contributed by atoms with Gasteiger partial charge in [0.05, 0.1) is 11.5 Å². The van der Waals surface area contributed by atoms with Gasteiger partial charge >= 0.3 is 0 Å². The first kappa shape index (κ1) is 15.5. The van der Waals surface area contributed by atoms with E-state index in [2.05, 4.69) is 4.72 Å². The summed E-state index contributed by atoms with van der Waals surface area (Å²) >= 11 is 5.94. The molecule has 1 aliphatic heterocycles. The first-order valence-corrected chi connectivity index (χ1v) is 7.95. The molecule has 1 saturated heterocycles. The minimum atomic E-state index is -3.78. The second kappa shape index (κ2) is 5.50. The van der Waals surface area contributed by atoms with Crippen LogP contribution in [0, 0.1) is 6.92 Å². The standard InChI is InChI=1S/C12H17ClN2O4S/c1-8-10(13)4-9(5-11(8)14)20(17,18)15-6-12(16)2-3-19-7-12/h4-5,15-16H,2-3,6-7,14H2,1H3. The van der Waals surface area contributed by atoms with E-state index in [-0.39, 0.29) is 23.1 Å². The van der Waals surface area contributed by atoms with Gasteiger partial charge in [0.15, 0.2) is 0 Å². The average molecular weight is 321 g/mol. The number of nitrogens with one attached hydrogen (secondary N) is 1. The largest absolute Gasteiger partial charge is 0.398 e. The molecule has 0 amide bonds. The first-order chi connectivity index (χ1) is 9.23. The predicted molar refractivity (Wildman–Crippen MR) is 76.2 cm³/mol. The Morgan fingerprint density at radius 2 is 2.25 bits per heavy atom. The summed E-state index contributed by atoms with van der Waals surface area (Å²) in [6.07, 6.45) is 0.395. The van der Waals surface area contributed by atoms with Gasteiger partial charge in [0.25, 0.3) is 0 Å². The van der Waals surface area contributed by atoms with E-state index in [1.54, 1.807) is 6.92 Å². The number of sulfonamides is 1. The van der Waals surface area contributed by atoms with E-state index in [0.29, 0.717) is 24.3 Å². The van der Waals surface area contributed by atoms with E-state index in [1.807, 2.05) is 0 Å². The Bertz CT molecular complexity index is 589. The molecule has 1 aromatic rings. The van der Waals surface area contributed by atoms with Crippen molar-refractivity contribution in [2.75, 3.05) is 25.5 Å². The molecule has 2 rings (SSSR count). The number of nitrogens with two attached hydrogens (primary N) is 1. The fraction of sp³-hybridized carbons (Fsp3) is 0.500. The molecular formula is C12H17ClN2O4S. The number of anilines is 1. The molecule has 1 unspecified atom stereocenters. The molecule has 4 N–H and O–H groups in total. The van der Waals surface area contributed by atoms with Crippen LogP contribution in [0.4, 0.5) is 5.69 Å². The number of benzene rings is 1. The summed E-state index contributed by atoms with van der Waals surface area (Å²) in [6, 6.07) is 2.68. The van der Waals surface area contributed by atoms with Crippen molar-refractivity contribution >= 4 is 27.3 Å². The van der Waals surface area contributed by atoms with Crippen LogP contribution in [0.2, 0.25) is 5.02 Å². The molecule has 1 fully saturated rings. The second-order valence-corrected chi connectivity index (χ2v) is 7.14. The fourth-order valence-electron chi connectivity index (χ4n) is 1.88. The molecule has 0 bridgehead atoms. The van der Waals surface area contributed by atoms with E-state index >= 15 is 0 Å². The summed E-state index contributed by atoms with van der Waals surface area (Å²) in [5, 5.41) is 10.3. The molecule has 0 radical (unpaired) electrons. The molecular weight excluding hydrogens is 304 g/mol. The summed E-state index contributed by atoms with van der Waals surface area (Å²) in [5.41, 5.74) is 5.50. The molecule has 1 aromatic carbocycles. The van der Waals surface area contributed by atoms with Crippen molar-refractivity contribution in [3.05, 3.63) is 22.7 Å². The Kier molecular flexibility index (Phi) is 4.27. The molecule has 1 atom stereocenters. The van der Waals surface area contributed by atoms with Gasteiger partial charge in [-0.2, -0.15) is 0 Å². The van der Waals surface area contributed by atoms with Crippen molar-refractivity contribution in [2.45, 2.75) is 23.8 Å². The minimum Gasteiger partial charge on any atom is -0.398 e. The smallest absolute Gasteiger partial charge is 0.240 e. The summed E-state index contributed by atoms with van der Waals surface area (Å²) in [7, 11) is -3.78. The fourth-order valence-corrected chi connectivity index (χ4v) is 3.35. The molecule has 1 aliphatic rings. The summed E-state index contributed by atoms with van der Waals surface area (Å²) in [6.45, 7) is 2.13. The van der Waals surface area contributed by atoms with Crippen LogP contribution < -0.4 is 10.5 Å². The Morgan fingerprint density at radius 1 is 1.55 bits per heavy atom. The highest BCUT2D eigenvalue weighted by Crippen LogP contribution is 2.26. The van der Waals surface area contributed by atoms with Crippen LogP contribution in [0.5, 0.6) is 0 Å². The maximum atomic E-state index is 12.2. The molecule has 0 spiro atoms. The highest BCUT2D eigenvalue weighted by atomic mass is 35.5. The average Bonchev–Trinajstić information content (AvgIpc) is 2.81. The lowest BCUT2D eigenvalue weighted by molar-refractivity contribution is 0.0314. The van der Waals surface area contributed by atoms with Gasteiger partial charge in [0, 0.05) is 30.3 Å². The number of nitrogen functional groups attached to an aromatic ring is 1. The maximum absolute atomic E-state index is 12.2. The van der Waals surface area contributed by atoms with Gasteiger partial charge in [-0.25, -0.2) is 13.1 Å². The lowest BCUT2D eigenvalue weighted by atomic mass is 10.1. The molecule has 8 heteroatoms. The predicted octanol–water partition coefficient (Wildman–Crippen LogP) is 0.660. The van der Waals surface area contributed by atoms with Crippen LogP contribution in [0.1, 0.15) is 12.0 Å². The Hall–Kier alpha value is -0.860. The van der Waals surface area contributed by atoms with Gasteiger partial charge in [0.1, 0.15) is 5.60 Å². The van der Waals surface area contributed by atoms with Crippen LogP contribution in [0.25, 0.3) is 0 Å². The third-order valence-corrected chi connectivity index (χ3v) is 5.12. The molecule has 1 heterocycles. The Balaban J connectivity index is 2.18. The first-order valence-electron chi connectivity index (χ1n) is 6.09. The van der Waals surface area contributed by atoms with E-state index in [9.17, 15) is 13.5 Å². The van der Waals surface area contributed by atoms with Gasteiger partial charge in [-0.3, -0.25) is 0 Å². The van der Waals surface area contributed by atoms with Crippen molar-refractivity contribution < 1.29 is 18.3 Å². The normalized spacial score (nSPS) is 23.1. The van der Waals surface area contributed by atoms with Crippen LogP contribution >= 0.6 is 11.6 Å². The van der Waals surface area contributed by atoms with Gasteiger partial charge in [0.2, 0.25) is 10.0 Å². The number of aliphatic hydroxyl groups is 1. The molecule has 6 nitrogen and oxygen atoms in total. The lowest BCUT2D eigenvalue weighted by Crippen LogP contribution is -2.43. The Labute approximate surface area is 122 Å². The van der Waals surface area contributed by atoms with E-state index in [0.717, 1.165) is 0 Å². The van der Waals surface area contributed by atoms with Crippen molar-refractivity contribution in [1.29, 1.82) is 0 Å². The monoisotopic (exact) mass is 320 g/mol. The molecule has 20 heavy (non-hydrogen) atoms. The number of hydrogen-bond donors (Lipinski definition) is 3. The highest BCUT2D eigenvalue weighted by Gasteiger charge is 2.33. The number of halogens is 1. The zero-order valence-corrected chi connectivity index (χ0v) is 12.6. The molecule has 0 aliphatic carbocycles. The van der Waals surface area contributed by atoms with Gasteiger partial charge in [-0.05, 0) is 24.6 Å². The SMILES string of the molecule is Cc1c(N)cc(S(=O)(=O)NCC2(O)CCOC2)cc1Cl. The van der Waals surface area contributed by atoms with Crippen LogP contribution in [-0.4, -0.2) is 38.9 Å². The quantitative estimate of drug-likeness (QED) is 0.707. The third-order valence-electron chi connectivity index (χ3n) is 3.34. The Morgan fingerprint density at radius 3 is 2.80 bits per heavy atom. The number of rotatable bonds is 4. The second-order valence-electron chi connectivity index (χ2n) is 4.97. The lowest BCUT2D eigenvalue weighted by Gasteiger charge is -2.20. The zero-order chi connectivity index (χ0) is 15.0. The van der Waals surface area contributed by atoms with E-state index < -0.39 is 15.6 Å². The van der Waals surface area contributed by atoms with Crippen LogP contribution in [0.15, 0.2) is 17.0 Å². The zero-order valence-electron chi connectivity index (χ0n) is 11.0. The summed E-state index contributed by atoms with van der Waals surface area (Å²) in [4.78, 5) is -0.0203. The topological polar surface area (TPSA) is 102 Å². The minimum absolute atomic E-state index is 0.0203. The van der Waals surface area contributed by atoms with Crippen LogP contribution in [-0.2, 0) is 14.8 Å². The third kappa shape index (κ3) is 3.24. The van der Waals surface area contributed by atoms with Gasteiger partial charge in [-0.1, -0.05) is 11.6 Å². The van der Waals surface area contributed by atoms with Crippen molar-refractivity contribution in [2.24, 2.45) is 0 Å². The molecule has 0 saturated carbocycles. The van der Waals surface area contributed by atoms with Gasteiger partial charge in [-0.15, -0.1) is 0 Å². The molecule has 0 aromatic heterocycles. The molecule has 112 valence electrons. The van der Waals surface area contributed by atoms with Crippen molar-refractivity contribution in [1.82, 2.24) is 4.72 Å². The van der Waals surface area contributed by atoms with Crippen LogP contribution in [0.3, 0.4) is 0 Å². The maximum Gasteiger partial charge on any atom is 0.240 e. The van der Waals surface area contributed by atoms with E-state index in [1.165, 1.54) is 12.1 Å². The summed E-state index contributed by atoms with van der Waals surface area (Å²) in [5.74, 6) is 0.